The quantitative estimate of drug-likeness (QED) is 0.373. The summed E-state index contributed by atoms with van der Waals surface area (Å²) in [7, 11) is 3.48. The number of nitrogens with zero attached hydrogens (tertiary/aromatic N) is 1. The Kier molecular flexibility index (Phi) is 10.9. The van der Waals surface area contributed by atoms with E-state index in [9.17, 15) is 0 Å². The van der Waals surface area contributed by atoms with Crippen LogP contribution in [0.3, 0.4) is 0 Å². The number of hydrogen-bond donors (Lipinski definition) is 2. The van der Waals surface area contributed by atoms with Crippen LogP contribution in [0.2, 0.25) is 0 Å². The Bertz CT molecular complexity index is 424. The zero-order valence-corrected chi connectivity index (χ0v) is 14.7. The lowest BCUT2D eigenvalue weighted by Gasteiger charge is -2.15. The van der Waals surface area contributed by atoms with E-state index >= 15 is 0 Å². The van der Waals surface area contributed by atoms with Crippen molar-refractivity contribution in [1.82, 2.24) is 10.6 Å². The van der Waals surface area contributed by atoms with Gasteiger partial charge in [-0.05, 0) is 24.3 Å². The molecule has 2 N–H and O–H groups in total. The molecule has 5 nitrogen and oxygen atoms in total. The molecule has 0 aromatic heterocycles. The zero-order chi connectivity index (χ0) is 16.8. The van der Waals surface area contributed by atoms with Gasteiger partial charge in [0.25, 0.3) is 0 Å². The van der Waals surface area contributed by atoms with Crippen molar-refractivity contribution in [2.24, 2.45) is 4.99 Å². The lowest BCUT2D eigenvalue weighted by Crippen LogP contribution is -2.38. The van der Waals surface area contributed by atoms with Crippen LogP contribution in [0.15, 0.2) is 35.3 Å². The third kappa shape index (κ3) is 9.21. The number of ether oxygens (including phenoxy) is 2. The van der Waals surface area contributed by atoms with E-state index in [2.05, 4.69) is 52.9 Å². The molecule has 0 aliphatic heterocycles. The van der Waals surface area contributed by atoms with Crippen molar-refractivity contribution in [2.45, 2.75) is 25.7 Å². The molecule has 0 fully saturated rings. The molecule has 0 aliphatic rings. The highest BCUT2D eigenvalue weighted by Crippen LogP contribution is 2.17. The minimum atomic E-state index is 0.538. The normalized spacial score (nSPS) is 12.9. The molecule has 1 aromatic carbocycles. The van der Waals surface area contributed by atoms with E-state index in [0.29, 0.717) is 19.1 Å². The summed E-state index contributed by atoms with van der Waals surface area (Å²) in [6.07, 6.45) is 2.02. The van der Waals surface area contributed by atoms with Gasteiger partial charge >= 0.3 is 0 Å². The minimum absolute atomic E-state index is 0.538. The standard InChI is InChI=1S/C18H31N3O2/c1-16(17-8-5-4-6-9-17)10-12-21-18(19-2)20-11-7-13-23-15-14-22-3/h4-6,8-9,16H,7,10-15H2,1-3H3,(H2,19,20,21). The Balaban J connectivity index is 2.10. The van der Waals surface area contributed by atoms with Crippen LogP contribution < -0.4 is 10.6 Å². The number of nitrogens with one attached hydrogen (secondary N) is 2. The molecule has 0 saturated carbocycles. The molecule has 130 valence electrons. The van der Waals surface area contributed by atoms with Gasteiger partial charge in [0.2, 0.25) is 0 Å². The molecule has 23 heavy (non-hydrogen) atoms. The summed E-state index contributed by atoms with van der Waals surface area (Å²) >= 11 is 0. The van der Waals surface area contributed by atoms with Gasteiger partial charge in [0, 0.05) is 33.9 Å². The van der Waals surface area contributed by atoms with Gasteiger partial charge in [-0.15, -0.1) is 0 Å². The highest BCUT2D eigenvalue weighted by molar-refractivity contribution is 5.79. The predicted molar refractivity (Wildman–Crippen MR) is 96.2 cm³/mol. The summed E-state index contributed by atoms with van der Waals surface area (Å²) in [6.45, 7) is 6.04. The van der Waals surface area contributed by atoms with Crippen molar-refractivity contribution in [3.05, 3.63) is 35.9 Å². The van der Waals surface area contributed by atoms with E-state index < -0.39 is 0 Å². The molecule has 0 aliphatic carbocycles. The summed E-state index contributed by atoms with van der Waals surface area (Å²) in [5.74, 6) is 1.39. The van der Waals surface area contributed by atoms with Crippen LogP contribution in [0, 0.1) is 0 Å². The average Bonchev–Trinajstić information content (AvgIpc) is 2.60. The first-order valence-corrected chi connectivity index (χ1v) is 8.34. The van der Waals surface area contributed by atoms with Crippen LogP contribution in [0.4, 0.5) is 0 Å². The number of benzene rings is 1. The monoisotopic (exact) mass is 321 g/mol. The van der Waals surface area contributed by atoms with Gasteiger partial charge in [0.1, 0.15) is 0 Å². The van der Waals surface area contributed by atoms with Crippen molar-refractivity contribution < 1.29 is 9.47 Å². The van der Waals surface area contributed by atoms with Crippen LogP contribution in [-0.2, 0) is 9.47 Å². The molecule has 0 heterocycles. The van der Waals surface area contributed by atoms with Crippen molar-refractivity contribution in [3.63, 3.8) is 0 Å². The molecular formula is C18H31N3O2. The second-order valence-electron chi connectivity index (χ2n) is 5.48. The first-order chi connectivity index (χ1) is 11.3. The third-order valence-corrected chi connectivity index (χ3v) is 3.65. The van der Waals surface area contributed by atoms with E-state index in [1.165, 1.54) is 5.56 Å². The number of rotatable bonds is 11. The van der Waals surface area contributed by atoms with Crippen LogP contribution in [-0.4, -0.2) is 53.0 Å². The van der Waals surface area contributed by atoms with Crippen molar-refractivity contribution in [1.29, 1.82) is 0 Å². The molecule has 0 radical (unpaired) electrons. The molecule has 0 spiro atoms. The second-order valence-corrected chi connectivity index (χ2v) is 5.48. The maximum atomic E-state index is 5.43. The van der Waals surface area contributed by atoms with E-state index in [0.717, 1.165) is 38.5 Å². The topological polar surface area (TPSA) is 54.9 Å². The first kappa shape index (κ1) is 19.5. The second kappa shape index (κ2) is 12.9. The first-order valence-electron chi connectivity index (χ1n) is 8.34. The van der Waals surface area contributed by atoms with Gasteiger partial charge in [-0.3, -0.25) is 4.99 Å². The third-order valence-electron chi connectivity index (χ3n) is 3.65. The lowest BCUT2D eigenvalue weighted by molar-refractivity contribution is 0.0698. The maximum Gasteiger partial charge on any atom is 0.190 e. The van der Waals surface area contributed by atoms with Crippen molar-refractivity contribution in [3.8, 4) is 0 Å². The van der Waals surface area contributed by atoms with Crippen molar-refractivity contribution in [2.75, 3.05) is 47.1 Å². The molecular weight excluding hydrogens is 290 g/mol. The molecule has 0 saturated heterocycles. The Morgan fingerprint density at radius 3 is 2.52 bits per heavy atom. The fourth-order valence-corrected chi connectivity index (χ4v) is 2.20. The fraction of sp³-hybridized carbons (Fsp3) is 0.611. The van der Waals surface area contributed by atoms with Gasteiger partial charge in [0.05, 0.1) is 13.2 Å². The van der Waals surface area contributed by atoms with Crippen LogP contribution in [0.1, 0.15) is 31.2 Å². The number of hydrogen-bond acceptors (Lipinski definition) is 3. The Morgan fingerprint density at radius 2 is 1.83 bits per heavy atom. The van der Waals surface area contributed by atoms with Gasteiger partial charge in [-0.1, -0.05) is 37.3 Å². The van der Waals surface area contributed by atoms with Gasteiger partial charge in [-0.25, -0.2) is 0 Å². The van der Waals surface area contributed by atoms with E-state index in [1.807, 2.05) is 0 Å². The Morgan fingerprint density at radius 1 is 1.09 bits per heavy atom. The zero-order valence-electron chi connectivity index (χ0n) is 14.7. The molecule has 1 unspecified atom stereocenters. The fourth-order valence-electron chi connectivity index (χ4n) is 2.20. The summed E-state index contributed by atoms with van der Waals surface area (Å²) < 4.78 is 10.4. The largest absolute Gasteiger partial charge is 0.382 e. The van der Waals surface area contributed by atoms with Gasteiger partial charge in [-0.2, -0.15) is 0 Å². The minimum Gasteiger partial charge on any atom is -0.382 e. The predicted octanol–water partition coefficient (Wildman–Crippen LogP) is 2.40. The molecule has 0 amide bonds. The van der Waals surface area contributed by atoms with Crippen LogP contribution >= 0.6 is 0 Å². The summed E-state index contributed by atoms with van der Waals surface area (Å²) in [4.78, 5) is 4.24. The van der Waals surface area contributed by atoms with Crippen molar-refractivity contribution >= 4 is 5.96 Å². The highest BCUT2D eigenvalue weighted by atomic mass is 16.5. The van der Waals surface area contributed by atoms with Crippen LogP contribution in [0.5, 0.6) is 0 Å². The van der Waals surface area contributed by atoms with E-state index in [1.54, 1.807) is 14.2 Å². The SMILES string of the molecule is CN=C(NCCCOCCOC)NCCC(C)c1ccccc1. The maximum absolute atomic E-state index is 5.43. The molecule has 1 aromatic rings. The van der Waals surface area contributed by atoms with Crippen LogP contribution in [0.25, 0.3) is 0 Å². The number of methoxy groups -OCH3 is 1. The van der Waals surface area contributed by atoms with E-state index in [4.69, 9.17) is 9.47 Å². The molecule has 1 rings (SSSR count). The van der Waals surface area contributed by atoms with E-state index in [-0.39, 0.29) is 0 Å². The summed E-state index contributed by atoms with van der Waals surface area (Å²) in [6, 6.07) is 10.6. The van der Waals surface area contributed by atoms with Gasteiger partial charge in [0.15, 0.2) is 5.96 Å². The Hall–Kier alpha value is -1.59. The highest BCUT2D eigenvalue weighted by Gasteiger charge is 2.05. The summed E-state index contributed by atoms with van der Waals surface area (Å²) in [5.41, 5.74) is 1.38. The summed E-state index contributed by atoms with van der Waals surface area (Å²) in [5, 5.41) is 6.66. The lowest BCUT2D eigenvalue weighted by atomic mass is 9.98. The Labute approximate surface area is 140 Å². The molecule has 1 atom stereocenters. The average molecular weight is 321 g/mol. The van der Waals surface area contributed by atoms with Gasteiger partial charge < -0.3 is 20.1 Å². The molecule has 0 bridgehead atoms. The number of guanidine groups is 1. The number of aliphatic imine (C=N–C) groups is 1. The molecule has 5 heteroatoms. The smallest absolute Gasteiger partial charge is 0.190 e.